The van der Waals surface area contributed by atoms with Crippen LogP contribution in [-0.4, -0.2) is 65.7 Å². The molecule has 0 bridgehead atoms. The molecule has 0 atom stereocenters. The molecule has 9 nitrogen and oxygen atoms in total. The molecule has 2 aromatic heterocycles. The Labute approximate surface area is 242 Å². The van der Waals surface area contributed by atoms with Crippen molar-refractivity contribution in [1.82, 2.24) is 19.4 Å². The number of carbonyl (C=O) groups excluding carboxylic acids is 1. The van der Waals surface area contributed by atoms with Crippen molar-refractivity contribution < 1.29 is 9.18 Å². The number of aromatic nitrogens is 2. The van der Waals surface area contributed by atoms with Crippen molar-refractivity contribution in [3.05, 3.63) is 81.5 Å². The minimum absolute atomic E-state index is 0.0592. The maximum Gasteiger partial charge on any atom is 0.323 e. The van der Waals surface area contributed by atoms with Crippen LogP contribution in [0, 0.1) is 5.82 Å². The molecular weight excluding hydrogens is 545 g/mol. The van der Waals surface area contributed by atoms with Crippen molar-refractivity contribution in [3.63, 3.8) is 0 Å². The van der Waals surface area contributed by atoms with Gasteiger partial charge in [-0.2, -0.15) is 0 Å². The Kier molecular flexibility index (Phi) is 8.53. The minimum Gasteiger partial charge on any atom is -0.373 e. The van der Waals surface area contributed by atoms with Crippen LogP contribution in [-0.2, 0) is 13.1 Å². The van der Waals surface area contributed by atoms with E-state index in [1.54, 1.807) is 36.0 Å². The van der Waals surface area contributed by atoms with Crippen LogP contribution >= 0.6 is 11.6 Å². The first-order valence-corrected chi connectivity index (χ1v) is 13.9. The summed E-state index contributed by atoms with van der Waals surface area (Å²) in [5.41, 5.74) is 1.85. The highest BCUT2D eigenvalue weighted by molar-refractivity contribution is 6.33. The Morgan fingerprint density at radius 2 is 1.85 bits per heavy atom. The van der Waals surface area contributed by atoms with Gasteiger partial charge < -0.3 is 25.4 Å². The number of hydrogen-bond donors (Lipinski definition) is 3. The first kappa shape index (κ1) is 28.5. The van der Waals surface area contributed by atoms with Crippen LogP contribution < -0.4 is 21.5 Å². The number of carbonyl (C=O) groups is 1. The van der Waals surface area contributed by atoms with Gasteiger partial charge in [0.15, 0.2) is 5.82 Å². The van der Waals surface area contributed by atoms with Crippen LogP contribution in [0.4, 0.5) is 26.4 Å². The molecule has 1 aliphatic heterocycles. The number of rotatable bonds is 7. The van der Waals surface area contributed by atoms with Gasteiger partial charge in [0.2, 0.25) is 0 Å². The zero-order valence-electron chi connectivity index (χ0n) is 23.3. The standard InChI is InChI=1S/C30H33ClFN7O2/c1-4-39-25-16-26(33-2)34-17-20(25)15-22(29(39)40)27-23(31)8-9-24(28(27)32)36-30(41)35-21-7-5-6-19(14-21)18-38-12-10-37(3)11-13-38/h5-9,14-17H,4,10-13,18H2,1-3H3,(H,33,34)(H2,35,36,41). The van der Waals surface area contributed by atoms with E-state index >= 15 is 4.39 Å². The van der Waals surface area contributed by atoms with E-state index in [-0.39, 0.29) is 21.8 Å². The van der Waals surface area contributed by atoms with E-state index in [0.29, 0.717) is 29.0 Å². The second kappa shape index (κ2) is 12.3. The van der Waals surface area contributed by atoms with Gasteiger partial charge in [-0.05, 0) is 49.9 Å². The highest BCUT2D eigenvalue weighted by atomic mass is 35.5. The SMILES string of the molecule is CCn1c(=O)c(-c2c(Cl)ccc(NC(=O)Nc3cccc(CN4CCN(C)CC4)c3)c2F)cc2cnc(NC)cc21. The van der Waals surface area contributed by atoms with Gasteiger partial charge in [-0.1, -0.05) is 23.7 Å². The van der Waals surface area contributed by atoms with Crippen LogP contribution in [0.5, 0.6) is 0 Å². The third-order valence-corrected chi connectivity index (χ3v) is 7.66. The number of likely N-dealkylation sites (N-methyl/N-ethyl adjacent to an activating group) is 1. The summed E-state index contributed by atoms with van der Waals surface area (Å²) in [6.45, 7) is 7.01. The van der Waals surface area contributed by atoms with E-state index in [1.165, 1.54) is 12.1 Å². The van der Waals surface area contributed by atoms with E-state index in [0.717, 1.165) is 38.3 Å². The zero-order valence-corrected chi connectivity index (χ0v) is 24.1. The first-order chi connectivity index (χ1) is 19.8. The van der Waals surface area contributed by atoms with Crippen molar-refractivity contribution in [2.45, 2.75) is 20.0 Å². The minimum atomic E-state index is -0.796. The lowest BCUT2D eigenvalue weighted by molar-refractivity contribution is 0.148. The van der Waals surface area contributed by atoms with Gasteiger partial charge >= 0.3 is 6.03 Å². The van der Waals surface area contributed by atoms with Gasteiger partial charge in [-0.15, -0.1) is 0 Å². The number of nitrogens with zero attached hydrogens (tertiary/aromatic N) is 4. The van der Waals surface area contributed by atoms with Crippen LogP contribution in [0.1, 0.15) is 12.5 Å². The molecule has 0 unspecified atom stereocenters. The molecule has 0 saturated carbocycles. The molecule has 0 aliphatic carbocycles. The van der Waals surface area contributed by atoms with Crippen molar-refractivity contribution in [3.8, 4) is 11.1 Å². The lowest BCUT2D eigenvalue weighted by Gasteiger charge is -2.32. The van der Waals surface area contributed by atoms with Crippen LogP contribution in [0.15, 0.2) is 59.5 Å². The molecule has 41 heavy (non-hydrogen) atoms. The summed E-state index contributed by atoms with van der Waals surface area (Å²) in [5.74, 6) is -0.187. The maximum atomic E-state index is 15.9. The third kappa shape index (κ3) is 6.19. The number of piperazine rings is 1. The molecule has 2 amide bonds. The van der Waals surface area contributed by atoms with Crippen LogP contribution in [0.3, 0.4) is 0 Å². The number of benzene rings is 2. The predicted molar refractivity (Wildman–Crippen MR) is 163 cm³/mol. The average Bonchev–Trinajstić information content (AvgIpc) is 2.96. The topological polar surface area (TPSA) is 94.5 Å². The van der Waals surface area contributed by atoms with Crippen LogP contribution in [0.25, 0.3) is 22.0 Å². The first-order valence-electron chi connectivity index (χ1n) is 13.5. The number of fused-ring (bicyclic) bond motifs is 1. The predicted octanol–water partition coefficient (Wildman–Crippen LogP) is 5.31. The molecule has 1 aliphatic rings. The summed E-state index contributed by atoms with van der Waals surface area (Å²) in [5, 5.41) is 9.04. The largest absolute Gasteiger partial charge is 0.373 e. The normalized spacial score (nSPS) is 14.3. The highest BCUT2D eigenvalue weighted by Crippen LogP contribution is 2.34. The van der Waals surface area contributed by atoms with E-state index in [1.807, 2.05) is 25.1 Å². The number of anilines is 3. The van der Waals surface area contributed by atoms with Crippen LogP contribution in [0.2, 0.25) is 5.02 Å². The molecule has 3 N–H and O–H groups in total. The molecule has 2 aromatic carbocycles. The molecule has 4 aromatic rings. The molecule has 11 heteroatoms. The molecule has 0 radical (unpaired) electrons. The summed E-state index contributed by atoms with van der Waals surface area (Å²) >= 11 is 6.43. The fourth-order valence-corrected chi connectivity index (χ4v) is 5.34. The van der Waals surface area contributed by atoms with Crippen molar-refractivity contribution in [2.24, 2.45) is 0 Å². The van der Waals surface area contributed by atoms with Gasteiger partial charge in [0.25, 0.3) is 5.56 Å². The summed E-state index contributed by atoms with van der Waals surface area (Å²) in [6, 6.07) is 13.2. The lowest BCUT2D eigenvalue weighted by atomic mass is 10.0. The van der Waals surface area contributed by atoms with Crippen molar-refractivity contribution in [2.75, 3.05) is 56.2 Å². The van der Waals surface area contributed by atoms with Gasteiger partial charge in [-0.25, -0.2) is 14.2 Å². The number of pyridine rings is 2. The van der Waals surface area contributed by atoms with Gasteiger partial charge in [0.05, 0.1) is 21.8 Å². The fourth-order valence-electron chi connectivity index (χ4n) is 5.09. The Balaban J connectivity index is 1.38. The maximum absolute atomic E-state index is 15.9. The van der Waals surface area contributed by atoms with E-state index in [9.17, 15) is 9.59 Å². The number of hydrogen-bond acceptors (Lipinski definition) is 6. The molecule has 0 spiro atoms. The number of aryl methyl sites for hydroxylation is 1. The second-order valence-corrected chi connectivity index (χ2v) is 10.5. The fraction of sp³-hybridized carbons (Fsp3) is 0.300. The quantitative estimate of drug-likeness (QED) is 0.276. The molecular formula is C30H33ClFN7O2. The third-order valence-electron chi connectivity index (χ3n) is 7.35. The molecule has 1 fully saturated rings. The summed E-state index contributed by atoms with van der Waals surface area (Å²) in [4.78, 5) is 35.4. The Bertz CT molecular complexity index is 1650. The summed E-state index contributed by atoms with van der Waals surface area (Å²) in [6.07, 6.45) is 1.62. The lowest BCUT2D eigenvalue weighted by Crippen LogP contribution is -2.43. The Morgan fingerprint density at radius 1 is 1.07 bits per heavy atom. The number of amides is 2. The van der Waals surface area contributed by atoms with E-state index < -0.39 is 17.4 Å². The summed E-state index contributed by atoms with van der Waals surface area (Å²) < 4.78 is 17.4. The van der Waals surface area contributed by atoms with Gasteiger partial charge in [-0.3, -0.25) is 9.69 Å². The summed E-state index contributed by atoms with van der Waals surface area (Å²) in [7, 11) is 3.86. The Hall–Kier alpha value is -3.99. The van der Waals surface area contributed by atoms with Crippen molar-refractivity contribution in [1.29, 1.82) is 0 Å². The zero-order chi connectivity index (χ0) is 29.1. The number of halogens is 2. The van der Waals surface area contributed by atoms with Crippen molar-refractivity contribution >= 4 is 45.7 Å². The molecule has 5 rings (SSSR count). The molecule has 214 valence electrons. The second-order valence-electron chi connectivity index (χ2n) is 10.1. The van der Waals surface area contributed by atoms with Gasteiger partial charge in [0, 0.05) is 75.2 Å². The number of nitrogens with one attached hydrogen (secondary N) is 3. The molecule has 1 saturated heterocycles. The monoisotopic (exact) mass is 577 g/mol. The van der Waals surface area contributed by atoms with E-state index in [4.69, 9.17) is 11.6 Å². The molecule has 3 heterocycles. The smallest absolute Gasteiger partial charge is 0.323 e. The van der Waals surface area contributed by atoms with E-state index in [2.05, 4.69) is 37.8 Å². The average molecular weight is 578 g/mol. The number of urea groups is 1. The highest BCUT2D eigenvalue weighted by Gasteiger charge is 2.21. The Morgan fingerprint density at radius 3 is 2.59 bits per heavy atom. The van der Waals surface area contributed by atoms with Gasteiger partial charge in [0.1, 0.15) is 5.82 Å².